The molecule has 0 aromatic heterocycles. The Morgan fingerprint density at radius 2 is 1.81 bits per heavy atom. The predicted octanol–water partition coefficient (Wildman–Crippen LogP) is 4.67. The van der Waals surface area contributed by atoms with Gasteiger partial charge in [-0.2, -0.15) is 0 Å². The largest absolute Gasteiger partial charge is 0.493 e. The summed E-state index contributed by atoms with van der Waals surface area (Å²) in [6.07, 6.45) is 1.39. The fourth-order valence-corrected chi connectivity index (χ4v) is 3.19. The second-order valence-corrected chi connectivity index (χ2v) is 6.62. The number of amides is 1. The number of anilines is 1. The van der Waals surface area contributed by atoms with Gasteiger partial charge in [-0.3, -0.25) is 9.59 Å². The average Bonchev–Trinajstić information content (AvgIpc) is 2.63. The summed E-state index contributed by atoms with van der Waals surface area (Å²) in [6.45, 7) is 8.53. The van der Waals surface area contributed by atoms with Crippen LogP contribution in [0.25, 0.3) is 0 Å². The summed E-state index contributed by atoms with van der Waals surface area (Å²) in [7, 11) is 0. The Balaban J connectivity index is 2.18. The molecule has 0 spiro atoms. The number of para-hydroxylation sites is 1. The van der Waals surface area contributed by atoms with Gasteiger partial charge >= 0.3 is 5.97 Å². The summed E-state index contributed by atoms with van der Waals surface area (Å²) in [5.74, 6) is -0.645. The second kappa shape index (κ2) is 9.21. The Hall–Kier alpha value is -2.82. The lowest BCUT2D eigenvalue weighted by Gasteiger charge is -2.17. The zero-order valence-corrected chi connectivity index (χ0v) is 16.4. The maximum Gasteiger partial charge on any atom is 0.303 e. The molecule has 27 heavy (non-hydrogen) atoms. The monoisotopic (exact) mass is 369 g/mol. The van der Waals surface area contributed by atoms with E-state index in [2.05, 4.69) is 26.1 Å². The third-order valence-corrected chi connectivity index (χ3v) is 4.78. The summed E-state index contributed by atoms with van der Waals surface area (Å²) >= 11 is 0. The van der Waals surface area contributed by atoms with Crippen LogP contribution in [0.5, 0.6) is 5.75 Å². The Morgan fingerprint density at radius 3 is 2.48 bits per heavy atom. The minimum absolute atomic E-state index is 0.0376. The van der Waals surface area contributed by atoms with E-state index in [0.717, 1.165) is 23.2 Å². The second-order valence-electron chi connectivity index (χ2n) is 6.62. The van der Waals surface area contributed by atoms with Crippen LogP contribution < -0.4 is 10.1 Å². The highest BCUT2D eigenvalue weighted by Gasteiger charge is 2.16. The lowest BCUT2D eigenvalue weighted by molar-refractivity contribution is -0.137. The van der Waals surface area contributed by atoms with Crippen LogP contribution in [0.4, 0.5) is 5.69 Å². The summed E-state index contributed by atoms with van der Waals surface area (Å²) in [4.78, 5) is 23.4. The molecule has 0 aliphatic heterocycles. The van der Waals surface area contributed by atoms with Gasteiger partial charge in [0.1, 0.15) is 5.75 Å². The lowest BCUT2D eigenvalue weighted by atomic mass is 9.95. The molecule has 0 unspecified atom stereocenters. The first-order valence-electron chi connectivity index (χ1n) is 9.19. The molecule has 0 heterocycles. The van der Waals surface area contributed by atoms with Crippen LogP contribution in [0.2, 0.25) is 0 Å². The molecule has 2 N–H and O–H groups in total. The molecule has 1 amide bonds. The Bertz CT molecular complexity index is 842. The fourth-order valence-electron chi connectivity index (χ4n) is 3.19. The van der Waals surface area contributed by atoms with Crippen molar-refractivity contribution in [2.45, 2.75) is 47.0 Å². The number of hydrogen-bond donors (Lipinski definition) is 2. The number of hydrogen-bond acceptors (Lipinski definition) is 3. The van der Waals surface area contributed by atoms with Gasteiger partial charge in [-0.05, 0) is 74.1 Å². The molecular formula is C22H27NO4. The number of rotatable bonds is 8. The van der Waals surface area contributed by atoms with Crippen LogP contribution in [-0.4, -0.2) is 23.6 Å². The summed E-state index contributed by atoms with van der Waals surface area (Å²) in [5, 5.41) is 11.7. The maximum atomic E-state index is 12.8. The van der Waals surface area contributed by atoms with E-state index in [1.54, 1.807) is 24.3 Å². The van der Waals surface area contributed by atoms with Crippen LogP contribution in [0.15, 0.2) is 30.3 Å². The minimum atomic E-state index is -0.860. The summed E-state index contributed by atoms with van der Waals surface area (Å²) in [6, 6.07) is 9.01. The van der Waals surface area contributed by atoms with E-state index >= 15 is 0 Å². The van der Waals surface area contributed by atoms with Crippen LogP contribution >= 0.6 is 0 Å². The van der Waals surface area contributed by atoms with Crippen LogP contribution in [0.3, 0.4) is 0 Å². The van der Waals surface area contributed by atoms with Gasteiger partial charge < -0.3 is 15.2 Å². The standard InChI is InChI=1S/C22H27NO4/c1-5-17-14(2)13-19(16(4)15(17)3)23-22(26)18-9-6-7-10-20(18)27-12-8-11-21(24)25/h6-7,9-10,13H,5,8,11-12H2,1-4H3,(H,23,26)(H,24,25). The minimum Gasteiger partial charge on any atom is -0.493 e. The third kappa shape index (κ3) is 5.09. The van der Waals surface area contributed by atoms with E-state index in [4.69, 9.17) is 9.84 Å². The zero-order valence-electron chi connectivity index (χ0n) is 16.4. The smallest absolute Gasteiger partial charge is 0.303 e. The van der Waals surface area contributed by atoms with Gasteiger partial charge in [0.15, 0.2) is 0 Å². The number of nitrogens with one attached hydrogen (secondary N) is 1. The van der Waals surface area contributed by atoms with Crippen molar-refractivity contribution < 1.29 is 19.4 Å². The number of carbonyl (C=O) groups excluding carboxylic acids is 1. The quantitative estimate of drug-likeness (QED) is 0.663. The number of carbonyl (C=O) groups is 2. The van der Waals surface area contributed by atoms with Crippen molar-refractivity contribution >= 4 is 17.6 Å². The number of aliphatic carboxylic acids is 1. The topological polar surface area (TPSA) is 75.6 Å². The predicted molar refractivity (Wildman–Crippen MR) is 107 cm³/mol. The molecule has 0 aliphatic rings. The highest BCUT2D eigenvalue weighted by atomic mass is 16.5. The fraction of sp³-hybridized carbons (Fsp3) is 0.364. The van der Waals surface area contributed by atoms with Crippen molar-refractivity contribution in [3.63, 3.8) is 0 Å². The van der Waals surface area contributed by atoms with Crippen molar-refractivity contribution in [2.75, 3.05) is 11.9 Å². The number of ether oxygens (including phenoxy) is 1. The van der Waals surface area contributed by atoms with Gasteiger partial charge in [0.25, 0.3) is 5.91 Å². The molecule has 0 saturated heterocycles. The molecule has 0 fully saturated rings. The van der Waals surface area contributed by atoms with E-state index in [0.29, 0.717) is 17.7 Å². The van der Waals surface area contributed by atoms with Crippen LogP contribution in [-0.2, 0) is 11.2 Å². The normalized spacial score (nSPS) is 10.5. The van der Waals surface area contributed by atoms with E-state index in [1.807, 2.05) is 13.0 Å². The molecular weight excluding hydrogens is 342 g/mol. The van der Waals surface area contributed by atoms with Crippen molar-refractivity contribution in [3.8, 4) is 5.75 Å². The van der Waals surface area contributed by atoms with Gasteiger partial charge in [-0.25, -0.2) is 0 Å². The number of carboxylic acid groups (broad SMARTS) is 1. The Morgan fingerprint density at radius 1 is 1.11 bits per heavy atom. The first kappa shape index (κ1) is 20.5. The van der Waals surface area contributed by atoms with Crippen LogP contribution in [0.1, 0.15) is 52.4 Å². The van der Waals surface area contributed by atoms with E-state index in [1.165, 1.54) is 11.1 Å². The van der Waals surface area contributed by atoms with Gasteiger partial charge in [-0.1, -0.05) is 19.1 Å². The summed E-state index contributed by atoms with van der Waals surface area (Å²) < 4.78 is 5.64. The first-order chi connectivity index (χ1) is 12.8. The molecule has 0 saturated carbocycles. The lowest BCUT2D eigenvalue weighted by Crippen LogP contribution is -2.15. The third-order valence-electron chi connectivity index (χ3n) is 4.78. The van der Waals surface area contributed by atoms with Crippen molar-refractivity contribution in [1.82, 2.24) is 0 Å². The number of benzene rings is 2. The Labute approximate surface area is 160 Å². The molecule has 144 valence electrons. The molecule has 5 heteroatoms. The SMILES string of the molecule is CCc1c(C)cc(NC(=O)c2ccccc2OCCCC(=O)O)c(C)c1C. The highest BCUT2D eigenvalue weighted by molar-refractivity contribution is 6.06. The maximum absolute atomic E-state index is 12.8. The van der Waals surface area contributed by atoms with Crippen molar-refractivity contribution in [3.05, 3.63) is 58.1 Å². The van der Waals surface area contributed by atoms with Crippen molar-refractivity contribution in [1.29, 1.82) is 0 Å². The summed E-state index contributed by atoms with van der Waals surface area (Å²) in [5.41, 5.74) is 5.97. The van der Waals surface area contributed by atoms with E-state index in [9.17, 15) is 9.59 Å². The molecule has 0 aliphatic carbocycles. The molecule has 0 bridgehead atoms. The van der Waals surface area contributed by atoms with E-state index in [-0.39, 0.29) is 18.9 Å². The van der Waals surface area contributed by atoms with Crippen LogP contribution in [0, 0.1) is 20.8 Å². The number of carboxylic acids is 1. The first-order valence-corrected chi connectivity index (χ1v) is 9.19. The molecule has 5 nitrogen and oxygen atoms in total. The molecule has 2 aromatic carbocycles. The zero-order chi connectivity index (χ0) is 20.0. The molecule has 2 aromatic rings. The van der Waals surface area contributed by atoms with Gasteiger partial charge in [0.05, 0.1) is 12.2 Å². The average molecular weight is 369 g/mol. The number of aryl methyl sites for hydroxylation is 1. The van der Waals surface area contributed by atoms with E-state index < -0.39 is 5.97 Å². The molecule has 0 atom stereocenters. The van der Waals surface area contributed by atoms with Gasteiger partial charge in [0.2, 0.25) is 0 Å². The van der Waals surface area contributed by atoms with Gasteiger partial charge in [-0.15, -0.1) is 0 Å². The molecule has 0 radical (unpaired) electrons. The van der Waals surface area contributed by atoms with Crippen molar-refractivity contribution in [2.24, 2.45) is 0 Å². The van der Waals surface area contributed by atoms with Gasteiger partial charge in [0, 0.05) is 12.1 Å². The Kier molecular flexibility index (Phi) is 6.99. The highest BCUT2D eigenvalue weighted by Crippen LogP contribution is 2.27. The molecule has 2 rings (SSSR count).